The molecule has 352 valence electrons. The molecule has 5 heterocycles. The Bertz CT molecular complexity index is 2550. The van der Waals surface area contributed by atoms with Gasteiger partial charge in [0.2, 0.25) is 0 Å². The van der Waals surface area contributed by atoms with Crippen LogP contribution in [0.15, 0.2) is 54.6 Å². The van der Waals surface area contributed by atoms with Gasteiger partial charge in [-0.3, -0.25) is 14.4 Å². The Morgan fingerprint density at radius 3 is 1.94 bits per heavy atom. The highest BCUT2D eigenvalue weighted by atomic mass is 16.5. The van der Waals surface area contributed by atoms with Gasteiger partial charge in [-0.15, -0.1) is 0 Å². The number of esters is 4. The highest BCUT2D eigenvalue weighted by Gasteiger charge is 2.53. The van der Waals surface area contributed by atoms with E-state index in [1.54, 1.807) is 12.2 Å². The van der Waals surface area contributed by atoms with Crippen LogP contribution in [-0.4, -0.2) is 71.2 Å². The van der Waals surface area contributed by atoms with Gasteiger partial charge in [-0.05, 0) is 111 Å². The maximum atomic E-state index is 13.9. The van der Waals surface area contributed by atoms with Crippen LogP contribution in [-0.2, 0) is 50.0 Å². The number of H-pyrrole nitrogens is 2. The van der Waals surface area contributed by atoms with Gasteiger partial charge in [0.15, 0.2) is 0 Å². The number of hydrogen-bond acceptors (Lipinski definition) is 10. The molecule has 2 N–H and O–H groups in total. The zero-order valence-electron chi connectivity index (χ0n) is 40.3. The maximum absolute atomic E-state index is 13.9. The van der Waals surface area contributed by atoms with Gasteiger partial charge in [0.1, 0.15) is 5.92 Å². The number of aromatic nitrogens is 4. The summed E-state index contributed by atoms with van der Waals surface area (Å²) in [6.07, 6.45) is 17.1. The van der Waals surface area contributed by atoms with Gasteiger partial charge in [0.05, 0.1) is 61.2 Å². The second-order valence-corrected chi connectivity index (χ2v) is 17.8. The van der Waals surface area contributed by atoms with E-state index in [1.165, 1.54) is 27.1 Å². The summed E-state index contributed by atoms with van der Waals surface area (Å²) in [4.78, 5) is 71.2. The van der Waals surface area contributed by atoms with Crippen molar-refractivity contribution in [2.45, 2.75) is 137 Å². The SMILES string of the molecule is C=CC1=C(C)c2cc3[nH]c(cc4nc(cc5[nH]c(cc1n2)[C@@]1(C)C5=CC=C(C(=O)OC)[C@H]1C(=O)OC)C(C)=C4CCC(=O)OCCCCCCC)c(CCC(=O)OCCCCCCC)c3C. The molecule has 12 heteroatoms. The molecule has 0 saturated heterocycles. The first-order chi connectivity index (χ1) is 31.8. The number of hydrogen-bond donors (Lipinski definition) is 2. The number of fused-ring (bicyclic) bond motifs is 11. The van der Waals surface area contributed by atoms with Crippen LogP contribution in [0.2, 0.25) is 0 Å². The minimum absolute atomic E-state index is 0.166. The van der Waals surface area contributed by atoms with Gasteiger partial charge in [0, 0.05) is 40.8 Å². The van der Waals surface area contributed by atoms with E-state index in [0.29, 0.717) is 60.2 Å². The van der Waals surface area contributed by atoms with Gasteiger partial charge in [-0.2, -0.15) is 0 Å². The van der Waals surface area contributed by atoms with Crippen LogP contribution in [0, 0.1) is 12.8 Å². The third-order valence-corrected chi connectivity index (χ3v) is 13.5. The minimum Gasteiger partial charge on any atom is -0.469 e. The summed E-state index contributed by atoms with van der Waals surface area (Å²) < 4.78 is 21.9. The van der Waals surface area contributed by atoms with Crippen LogP contribution in [0.1, 0.15) is 163 Å². The van der Waals surface area contributed by atoms with Gasteiger partial charge in [-0.1, -0.05) is 90.0 Å². The molecule has 0 saturated carbocycles. The smallest absolute Gasteiger partial charge is 0.334 e. The highest BCUT2D eigenvalue weighted by Crippen LogP contribution is 2.53. The molecule has 3 aliphatic heterocycles. The summed E-state index contributed by atoms with van der Waals surface area (Å²) in [6.45, 7) is 17.3. The molecule has 0 fully saturated rings. The minimum atomic E-state index is -1.13. The molecule has 2 aromatic heterocycles. The Morgan fingerprint density at radius 2 is 1.32 bits per heavy atom. The van der Waals surface area contributed by atoms with Crippen LogP contribution in [0.4, 0.5) is 0 Å². The monoisotopic (exact) mass is 901 g/mol. The molecule has 0 unspecified atom stereocenters. The zero-order chi connectivity index (χ0) is 47.5. The van der Waals surface area contributed by atoms with Crippen molar-refractivity contribution >= 4 is 62.8 Å². The Hall–Kier alpha value is -6.04. The number of ether oxygens (including phenoxy) is 4. The van der Waals surface area contributed by atoms with Crippen molar-refractivity contribution in [1.29, 1.82) is 0 Å². The van der Waals surface area contributed by atoms with E-state index in [1.807, 2.05) is 58.0 Å². The van der Waals surface area contributed by atoms with Crippen molar-refractivity contribution in [3.63, 3.8) is 0 Å². The van der Waals surface area contributed by atoms with Crippen LogP contribution < -0.4 is 0 Å². The normalized spacial score (nSPS) is 17.1. The number of methoxy groups -OCH3 is 2. The lowest BCUT2D eigenvalue weighted by atomic mass is 9.64. The van der Waals surface area contributed by atoms with E-state index in [2.05, 4.69) is 30.4 Å². The Morgan fingerprint density at radius 1 is 0.712 bits per heavy atom. The third kappa shape index (κ3) is 10.6. The van der Waals surface area contributed by atoms with E-state index < -0.39 is 23.3 Å². The Labute approximate surface area is 389 Å². The standard InChI is InChI=1S/C54H68N4O8/c1-10-13-15-17-19-27-65-49(59)25-22-37-34(5)42-29-41-33(4)36(12-3)46(57-41)32-48-54(7)40(24-21-39(52(61)63-8)51(54)53(62)64-9)47(58-48)30-43-35(6)38(45(56-43)31-44(37)55-42)23-26-50(60)66-28-20-18-16-14-11-2/h12,21,24,29-32,51,55,58H,3,10-11,13-20,22-23,25-28H2,1-2,4-9H3/t51-,54+/m0/s1. The molecule has 8 bridgehead atoms. The van der Waals surface area contributed by atoms with Crippen molar-refractivity contribution in [1.82, 2.24) is 19.9 Å². The van der Waals surface area contributed by atoms with Gasteiger partial charge in [-0.25, -0.2) is 14.8 Å². The summed E-state index contributed by atoms with van der Waals surface area (Å²) in [5.41, 5.74) is 10.7. The van der Waals surface area contributed by atoms with E-state index in [4.69, 9.17) is 28.9 Å². The lowest BCUT2D eigenvalue weighted by molar-refractivity contribution is -0.149. The molecule has 2 atom stereocenters. The molecule has 0 radical (unpaired) electrons. The van der Waals surface area contributed by atoms with Gasteiger partial charge >= 0.3 is 23.9 Å². The molecule has 4 aliphatic rings. The van der Waals surface area contributed by atoms with Crippen LogP contribution in [0.3, 0.4) is 0 Å². The average molecular weight is 901 g/mol. The van der Waals surface area contributed by atoms with E-state index in [9.17, 15) is 19.2 Å². The number of nitrogens with zero attached hydrogens (tertiary/aromatic N) is 2. The maximum Gasteiger partial charge on any atom is 0.334 e. The fourth-order valence-corrected chi connectivity index (χ4v) is 9.52. The number of rotatable bonds is 21. The Balaban J connectivity index is 1.53. The molecule has 0 aromatic carbocycles. The number of unbranched alkanes of at least 4 members (excludes halogenated alkanes) is 8. The molecule has 12 nitrogen and oxygen atoms in total. The van der Waals surface area contributed by atoms with E-state index in [-0.39, 0.29) is 30.4 Å². The van der Waals surface area contributed by atoms with Crippen molar-refractivity contribution in [3.05, 3.63) is 99.9 Å². The number of allylic oxidation sites excluding steroid dienone is 8. The topological polar surface area (TPSA) is 163 Å². The predicted octanol–water partition coefficient (Wildman–Crippen LogP) is 11.4. The highest BCUT2D eigenvalue weighted by molar-refractivity contribution is 6.02. The quantitative estimate of drug-likeness (QED) is 0.0700. The van der Waals surface area contributed by atoms with Crippen LogP contribution in [0.25, 0.3) is 38.9 Å². The molecule has 0 spiro atoms. The fraction of sp³-hybridized carbons (Fsp3) is 0.481. The number of aryl methyl sites for hydroxylation is 2. The average Bonchev–Trinajstić information content (AvgIpc) is 3.96. The first-order valence-corrected chi connectivity index (χ1v) is 23.8. The second kappa shape index (κ2) is 22.4. The largest absolute Gasteiger partial charge is 0.469 e. The first kappa shape index (κ1) is 49.4. The van der Waals surface area contributed by atoms with Crippen molar-refractivity contribution in [2.75, 3.05) is 27.4 Å². The molecular formula is C54H68N4O8. The second-order valence-electron chi connectivity index (χ2n) is 17.8. The molecule has 6 rings (SSSR count). The molecule has 1 aliphatic carbocycles. The van der Waals surface area contributed by atoms with Crippen LogP contribution in [0.5, 0.6) is 0 Å². The summed E-state index contributed by atoms with van der Waals surface area (Å²) in [5, 5.41) is 0. The lowest BCUT2D eigenvalue weighted by Crippen LogP contribution is -2.42. The number of carbonyl (C=O) groups excluding carboxylic acids is 4. The Kier molecular flexibility index (Phi) is 16.8. The molecule has 2 aromatic rings. The molecule has 0 amide bonds. The number of aromatic amines is 2. The number of carbonyl (C=O) groups is 4. The van der Waals surface area contributed by atoms with Crippen molar-refractivity contribution < 1.29 is 38.1 Å². The zero-order valence-corrected chi connectivity index (χ0v) is 40.3. The van der Waals surface area contributed by atoms with E-state index >= 15 is 0 Å². The van der Waals surface area contributed by atoms with Crippen molar-refractivity contribution in [2.24, 2.45) is 5.92 Å². The van der Waals surface area contributed by atoms with Crippen LogP contribution >= 0.6 is 0 Å². The summed E-state index contributed by atoms with van der Waals surface area (Å²) in [7, 11) is 2.60. The molecule has 66 heavy (non-hydrogen) atoms. The van der Waals surface area contributed by atoms with E-state index in [0.717, 1.165) is 101 Å². The lowest BCUT2D eigenvalue weighted by Gasteiger charge is -2.36. The first-order valence-electron chi connectivity index (χ1n) is 23.8. The van der Waals surface area contributed by atoms with Gasteiger partial charge in [0.25, 0.3) is 0 Å². The fourth-order valence-electron chi connectivity index (χ4n) is 9.52. The molecular weight excluding hydrogens is 833 g/mol. The summed E-state index contributed by atoms with van der Waals surface area (Å²) in [5.74, 6) is -2.80. The summed E-state index contributed by atoms with van der Waals surface area (Å²) in [6, 6.07) is 7.88. The van der Waals surface area contributed by atoms with Crippen molar-refractivity contribution in [3.8, 4) is 0 Å². The summed E-state index contributed by atoms with van der Waals surface area (Å²) >= 11 is 0. The van der Waals surface area contributed by atoms with Gasteiger partial charge < -0.3 is 28.9 Å². The number of nitrogens with one attached hydrogen (secondary N) is 2. The predicted molar refractivity (Wildman–Crippen MR) is 260 cm³/mol. The third-order valence-electron chi connectivity index (χ3n) is 13.5.